The highest BCUT2D eigenvalue weighted by molar-refractivity contribution is 9.10. The van der Waals surface area contributed by atoms with Gasteiger partial charge in [0.05, 0.1) is 56.7 Å². The molecular weight excluding hydrogens is 752 g/mol. The number of nitrogens with two attached hydrogens (primary N) is 2. The van der Waals surface area contributed by atoms with E-state index < -0.39 is 48.2 Å². The molecule has 244 valence electrons. The van der Waals surface area contributed by atoms with Crippen LogP contribution in [0.5, 0.6) is 23.0 Å². The fourth-order valence-electron chi connectivity index (χ4n) is 2.78. The lowest BCUT2D eigenvalue weighted by molar-refractivity contribution is -0.639. The largest absolute Gasteiger partial charge is 0.868 e. The Labute approximate surface area is 274 Å². The molecule has 46 heavy (non-hydrogen) atoms. The molecular formula is C24H22Br2N8O12. The zero-order valence-corrected chi connectivity index (χ0v) is 26.6. The number of methoxy groups -OCH3 is 2. The number of rotatable bonds is 7. The van der Waals surface area contributed by atoms with Crippen LogP contribution in [-0.4, -0.2) is 38.9 Å². The first-order chi connectivity index (χ1) is 21.6. The number of nitrogens with zero attached hydrogens (tertiary/aromatic N) is 6. The van der Waals surface area contributed by atoms with E-state index in [-0.39, 0.29) is 5.75 Å². The molecule has 22 heteroatoms. The first-order valence-corrected chi connectivity index (χ1v) is 13.3. The van der Waals surface area contributed by atoms with E-state index in [4.69, 9.17) is 21.2 Å². The number of benzene rings is 2. The summed E-state index contributed by atoms with van der Waals surface area (Å²) in [6.45, 7) is 0. The van der Waals surface area contributed by atoms with Gasteiger partial charge < -0.3 is 19.4 Å². The highest BCUT2D eigenvalue weighted by atomic mass is 79.9. The highest BCUT2D eigenvalue weighted by Gasteiger charge is 2.20. The van der Waals surface area contributed by atoms with Crippen molar-refractivity contribution in [3.8, 4) is 23.0 Å². The van der Waals surface area contributed by atoms with E-state index in [0.717, 1.165) is 50.8 Å². The summed E-state index contributed by atoms with van der Waals surface area (Å²) in [5, 5.41) is 51.8. The smallest absolute Gasteiger partial charge is 0.320 e. The maximum Gasteiger partial charge on any atom is 0.320 e. The minimum atomic E-state index is -0.949. The second kappa shape index (κ2) is 18.8. The van der Waals surface area contributed by atoms with Crippen LogP contribution in [0.2, 0.25) is 0 Å². The number of halogens is 2. The predicted molar refractivity (Wildman–Crippen MR) is 163 cm³/mol. The molecule has 2 heterocycles. The number of nitro benzene ring substituents is 4. The Morgan fingerprint density at radius 3 is 1.67 bits per heavy atom. The molecule has 0 saturated carbocycles. The van der Waals surface area contributed by atoms with E-state index in [1.54, 1.807) is 39.0 Å². The van der Waals surface area contributed by atoms with Gasteiger partial charge in [-0.15, -0.1) is 0 Å². The number of aromatic nitrogens is 2. The number of pyridine rings is 2. The predicted octanol–water partition coefficient (Wildman–Crippen LogP) is 3.64. The van der Waals surface area contributed by atoms with E-state index in [1.165, 1.54) is 4.68 Å². The van der Waals surface area contributed by atoms with Crippen LogP contribution >= 0.6 is 31.9 Å². The second-order valence-electron chi connectivity index (χ2n) is 7.83. The van der Waals surface area contributed by atoms with Crippen molar-refractivity contribution in [3.05, 3.63) is 123 Å². The zero-order chi connectivity index (χ0) is 35.0. The number of hydrogen-bond acceptors (Lipinski definition) is 15. The van der Waals surface area contributed by atoms with E-state index >= 15 is 0 Å². The van der Waals surface area contributed by atoms with Crippen LogP contribution in [0.25, 0.3) is 0 Å². The van der Waals surface area contributed by atoms with Crippen molar-refractivity contribution < 1.29 is 43.8 Å². The SMILES string of the molecule is COc1cc(Br)c[n+](N)c1.COc1cncc(Br)c1.NOc1ccc([N+](=O)[O-])cc1[N+](=O)[O-].O=[N+]([O-])c1ccc([O-])c([N+](=O)[O-])c1. The summed E-state index contributed by atoms with van der Waals surface area (Å²) in [5.74, 6) is 10.6. The Morgan fingerprint density at radius 2 is 1.24 bits per heavy atom. The Morgan fingerprint density at radius 1 is 0.717 bits per heavy atom. The van der Waals surface area contributed by atoms with Gasteiger partial charge in [0, 0.05) is 28.9 Å². The Kier molecular flexibility index (Phi) is 15.7. The molecule has 2 aromatic carbocycles. The van der Waals surface area contributed by atoms with Crippen LogP contribution in [0.4, 0.5) is 22.7 Å². The summed E-state index contributed by atoms with van der Waals surface area (Å²) >= 11 is 6.53. The van der Waals surface area contributed by atoms with Crippen LogP contribution < -0.4 is 35.8 Å². The van der Waals surface area contributed by atoms with Crippen molar-refractivity contribution in [2.45, 2.75) is 0 Å². The molecule has 0 unspecified atom stereocenters. The van der Waals surface area contributed by atoms with E-state index in [0.29, 0.717) is 6.07 Å². The van der Waals surface area contributed by atoms with Crippen molar-refractivity contribution >= 4 is 54.6 Å². The molecule has 4 N–H and O–H groups in total. The third-order valence-electron chi connectivity index (χ3n) is 4.81. The Hall–Kier alpha value is -5.74. The molecule has 0 aliphatic rings. The summed E-state index contributed by atoms with van der Waals surface area (Å²) in [5.41, 5.74) is -2.18. The molecule has 0 atom stereocenters. The molecule has 0 spiro atoms. The van der Waals surface area contributed by atoms with Crippen LogP contribution in [0.15, 0.2) is 82.3 Å². The third-order valence-corrected chi connectivity index (χ3v) is 5.67. The average Bonchev–Trinajstić information content (AvgIpc) is 3.01. The molecule has 4 rings (SSSR count). The molecule has 20 nitrogen and oxygen atoms in total. The second-order valence-corrected chi connectivity index (χ2v) is 9.67. The van der Waals surface area contributed by atoms with Crippen LogP contribution in [0.3, 0.4) is 0 Å². The molecule has 0 aliphatic heterocycles. The standard InChI is InChI=1S/C6H8BrN2O.C6H6BrNO.C6H5N3O5.C6H4N2O5/c1-10-6-2-5(7)3-9(8)4-6;1-9-6-2-5(7)3-8-4-6;7-14-6-2-1-4(8(10)11)3-5(6)9(12)13;9-6-2-1-4(7(10)11)3-5(6)8(12)13/h2-4H,8H2,1H3;2-4H,1H3;1-3H,7H2;1-3,9H/q+1;;;/p-1. The highest BCUT2D eigenvalue weighted by Crippen LogP contribution is 2.30. The minimum Gasteiger partial charge on any atom is -0.868 e. The van der Waals surface area contributed by atoms with Crippen molar-refractivity contribution in [2.24, 2.45) is 5.90 Å². The van der Waals surface area contributed by atoms with E-state index in [1.807, 2.05) is 12.1 Å². The maximum absolute atomic E-state index is 10.8. The lowest BCUT2D eigenvalue weighted by atomic mass is 10.2. The summed E-state index contributed by atoms with van der Waals surface area (Å²) in [6, 6.07) is 8.97. The van der Waals surface area contributed by atoms with Gasteiger partial charge in [-0.2, -0.15) is 5.90 Å². The van der Waals surface area contributed by atoms with Crippen LogP contribution in [-0.2, 0) is 0 Å². The zero-order valence-electron chi connectivity index (χ0n) is 23.4. The van der Waals surface area contributed by atoms with Gasteiger partial charge in [-0.25, -0.2) is 5.84 Å². The van der Waals surface area contributed by atoms with Gasteiger partial charge in [0.1, 0.15) is 5.75 Å². The van der Waals surface area contributed by atoms with Crippen LogP contribution in [0.1, 0.15) is 0 Å². The Balaban J connectivity index is 0.000000311. The van der Waals surface area contributed by atoms with Crippen molar-refractivity contribution in [2.75, 3.05) is 20.1 Å². The normalized spacial score (nSPS) is 9.41. The number of ether oxygens (including phenoxy) is 2. The fraction of sp³-hybridized carbons (Fsp3) is 0.0833. The van der Waals surface area contributed by atoms with Gasteiger partial charge >= 0.3 is 5.69 Å². The summed E-state index contributed by atoms with van der Waals surface area (Å²) < 4.78 is 13.1. The molecule has 0 fully saturated rings. The lowest BCUT2D eigenvalue weighted by Gasteiger charge is -2.03. The molecule has 4 aromatic rings. The molecule has 0 amide bonds. The van der Waals surface area contributed by atoms with Gasteiger partial charge in [-0.05, 0) is 49.7 Å². The lowest BCUT2D eigenvalue weighted by Crippen LogP contribution is -2.43. The summed E-state index contributed by atoms with van der Waals surface area (Å²) in [4.78, 5) is 45.8. The maximum atomic E-state index is 10.8. The number of non-ortho nitro benzene ring substituents is 2. The molecule has 0 saturated heterocycles. The van der Waals surface area contributed by atoms with Gasteiger partial charge in [0.25, 0.3) is 17.1 Å². The van der Waals surface area contributed by atoms with Gasteiger partial charge in [0.2, 0.25) is 18.1 Å². The minimum absolute atomic E-state index is 0.222. The first-order valence-electron chi connectivity index (χ1n) is 11.7. The molecule has 2 aromatic heterocycles. The monoisotopic (exact) mass is 772 g/mol. The summed E-state index contributed by atoms with van der Waals surface area (Å²) in [7, 11) is 3.21. The first kappa shape index (κ1) is 38.3. The van der Waals surface area contributed by atoms with Crippen molar-refractivity contribution in [3.63, 3.8) is 0 Å². The summed E-state index contributed by atoms with van der Waals surface area (Å²) in [6.07, 6.45) is 6.79. The number of nitro groups is 4. The number of hydrogen-bond donors (Lipinski definition) is 2. The number of nitrogen functional groups attached to an aromatic ring is 1. The average molecular weight is 774 g/mol. The quantitative estimate of drug-likeness (QED) is 0.117. The van der Waals surface area contributed by atoms with Crippen molar-refractivity contribution in [1.29, 1.82) is 0 Å². The van der Waals surface area contributed by atoms with E-state index in [9.17, 15) is 45.6 Å². The van der Waals surface area contributed by atoms with E-state index in [2.05, 4.69) is 41.7 Å². The third kappa shape index (κ3) is 12.9. The molecule has 0 aliphatic carbocycles. The van der Waals surface area contributed by atoms with Crippen LogP contribution in [0, 0.1) is 40.5 Å². The Bertz CT molecular complexity index is 1680. The fourth-order valence-corrected chi connectivity index (χ4v) is 3.58. The van der Waals surface area contributed by atoms with Gasteiger partial charge in [-0.3, -0.25) is 45.4 Å². The van der Waals surface area contributed by atoms with Crippen molar-refractivity contribution in [1.82, 2.24) is 4.98 Å². The molecule has 0 bridgehead atoms. The van der Waals surface area contributed by atoms with Gasteiger partial charge in [0.15, 0.2) is 5.75 Å². The molecule has 0 radical (unpaired) electrons. The van der Waals surface area contributed by atoms with Gasteiger partial charge in [-0.1, -0.05) is 10.7 Å². The topological polar surface area (TPSA) is 292 Å².